The molecule has 0 bridgehead atoms. The quantitative estimate of drug-likeness (QED) is 0.403. The molecule has 0 aromatic heterocycles. The van der Waals surface area contributed by atoms with Crippen molar-refractivity contribution in [3.8, 4) is 5.75 Å². The van der Waals surface area contributed by atoms with Gasteiger partial charge in [-0.2, -0.15) is 0 Å². The van der Waals surface area contributed by atoms with E-state index in [1.54, 1.807) is 7.05 Å². The van der Waals surface area contributed by atoms with Crippen molar-refractivity contribution in [3.63, 3.8) is 0 Å². The number of benzene rings is 1. The van der Waals surface area contributed by atoms with Crippen molar-refractivity contribution in [1.82, 2.24) is 15.5 Å². The summed E-state index contributed by atoms with van der Waals surface area (Å²) in [6.45, 7) is 2.03. The van der Waals surface area contributed by atoms with Gasteiger partial charge in [0.1, 0.15) is 11.9 Å². The molecule has 1 aliphatic heterocycles. The minimum atomic E-state index is 0. The van der Waals surface area contributed by atoms with Crippen LogP contribution in [0.25, 0.3) is 0 Å². The molecule has 1 heterocycles. The number of ether oxygens (including phenoxy) is 1. The van der Waals surface area contributed by atoms with E-state index >= 15 is 0 Å². The average molecular weight is 458 g/mol. The molecular weight excluding hydrogens is 431 g/mol. The van der Waals surface area contributed by atoms with Crippen molar-refractivity contribution in [1.29, 1.82) is 0 Å². The van der Waals surface area contributed by atoms with Crippen molar-refractivity contribution in [2.24, 2.45) is 4.99 Å². The number of guanidine groups is 1. The number of hydrogen-bond donors (Lipinski definition) is 2. The maximum absolute atomic E-state index is 11.8. The van der Waals surface area contributed by atoms with Crippen LogP contribution in [-0.4, -0.2) is 55.6 Å². The summed E-state index contributed by atoms with van der Waals surface area (Å²) in [5.74, 6) is 1.76. The molecule has 3 rings (SSSR count). The molecule has 1 saturated carbocycles. The van der Waals surface area contributed by atoms with Crippen LogP contribution in [-0.2, 0) is 4.79 Å². The molecule has 1 aromatic carbocycles. The minimum absolute atomic E-state index is 0. The summed E-state index contributed by atoms with van der Waals surface area (Å²) >= 11 is 0. The van der Waals surface area contributed by atoms with E-state index in [2.05, 4.69) is 20.5 Å². The Hall–Kier alpha value is -1.51. The van der Waals surface area contributed by atoms with E-state index in [-0.39, 0.29) is 42.5 Å². The lowest BCUT2D eigenvalue weighted by Gasteiger charge is -2.34. The third kappa shape index (κ3) is 6.37. The minimum Gasteiger partial charge on any atom is -0.490 e. The van der Waals surface area contributed by atoms with Crippen LogP contribution in [0, 0.1) is 0 Å². The number of hydrogen-bond acceptors (Lipinski definition) is 3. The van der Waals surface area contributed by atoms with Gasteiger partial charge in [-0.15, -0.1) is 24.0 Å². The second-order valence-electron chi connectivity index (χ2n) is 6.36. The van der Waals surface area contributed by atoms with Gasteiger partial charge in [0.05, 0.1) is 6.54 Å². The highest BCUT2D eigenvalue weighted by molar-refractivity contribution is 14.0. The van der Waals surface area contributed by atoms with Crippen LogP contribution in [0.4, 0.5) is 0 Å². The third-order valence-electron chi connectivity index (χ3n) is 4.35. The third-order valence-corrected chi connectivity index (χ3v) is 4.35. The monoisotopic (exact) mass is 458 g/mol. The summed E-state index contributed by atoms with van der Waals surface area (Å²) in [5.41, 5.74) is 0. The Balaban J connectivity index is 0.00000225. The number of rotatable bonds is 5. The molecule has 2 N–H and O–H groups in total. The number of likely N-dealkylation sites (tertiary alicyclic amines) is 1. The van der Waals surface area contributed by atoms with Crippen molar-refractivity contribution in [2.75, 3.05) is 26.7 Å². The summed E-state index contributed by atoms with van der Waals surface area (Å²) in [7, 11) is 1.76. The van der Waals surface area contributed by atoms with Crippen LogP contribution >= 0.6 is 24.0 Å². The zero-order valence-electron chi connectivity index (χ0n) is 14.6. The number of aliphatic imine (C=N–C) groups is 1. The number of para-hydroxylation sites is 1. The van der Waals surface area contributed by atoms with E-state index in [0.717, 1.165) is 50.5 Å². The summed E-state index contributed by atoms with van der Waals surface area (Å²) < 4.78 is 6.01. The van der Waals surface area contributed by atoms with Crippen LogP contribution in [0.15, 0.2) is 35.3 Å². The van der Waals surface area contributed by atoms with Crippen LogP contribution < -0.4 is 15.4 Å². The summed E-state index contributed by atoms with van der Waals surface area (Å²) in [4.78, 5) is 18.3. The molecule has 0 unspecified atom stereocenters. The van der Waals surface area contributed by atoms with Crippen molar-refractivity contribution in [3.05, 3.63) is 30.3 Å². The maximum atomic E-state index is 11.8. The molecule has 25 heavy (non-hydrogen) atoms. The smallest absolute Gasteiger partial charge is 0.239 e. The fourth-order valence-corrected chi connectivity index (χ4v) is 2.87. The molecule has 6 nitrogen and oxygen atoms in total. The highest BCUT2D eigenvalue weighted by Crippen LogP contribution is 2.19. The number of nitrogens with zero attached hydrogens (tertiary/aromatic N) is 2. The Morgan fingerprint density at radius 1 is 1.20 bits per heavy atom. The Morgan fingerprint density at radius 2 is 1.88 bits per heavy atom. The largest absolute Gasteiger partial charge is 0.490 e. The molecule has 0 atom stereocenters. The number of halogens is 1. The zero-order chi connectivity index (χ0) is 16.8. The first-order chi connectivity index (χ1) is 11.7. The normalized spacial score (nSPS) is 18.3. The molecule has 1 amide bonds. The van der Waals surface area contributed by atoms with Crippen LogP contribution in [0.3, 0.4) is 0 Å². The first-order valence-corrected chi connectivity index (χ1v) is 8.71. The average Bonchev–Trinajstić information content (AvgIpc) is 3.41. The molecule has 1 aromatic rings. The summed E-state index contributed by atoms with van der Waals surface area (Å²) in [6, 6.07) is 10.3. The topological polar surface area (TPSA) is 66.0 Å². The second-order valence-corrected chi connectivity index (χ2v) is 6.36. The number of amides is 1. The highest BCUT2D eigenvalue weighted by atomic mass is 127. The molecule has 0 spiro atoms. The van der Waals surface area contributed by atoms with Crippen LogP contribution in [0.1, 0.15) is 25.7 Å². The van der Waals surface area contributed by atoms with Gasteiger partial charge in [0.15, 0.2) is 5.96 Å². The Morgan fingerprint density at radius 3 is 2.48 bits per heavy atom. The zero-order valence-corrected chi connectivity index (χ0v) is 16.9. The molecule has 2 aliphatic rings. The lowest BCUT2D eigenvalue weighted by atomic mass is 10.1. The number of nitrogens with one attached hydrogen (secondary N) is 2. The van der Waals surface area contributed by atoms with E-state index < -0.39 is 0 Å². The first-order valence-electron chi connectivity index (χ1n) is 8.71. The van der Waals surface area contributed by atoms with E-state index in [1.807, 2.05) is 30.3 Å². The highest BCUT2D eigenvalue weighted by Gasteiger charge is 2.25. The predicted octanol–water partition coefficient (Wildman–Crippen LogP) is 2.00. The lowest BCUT2D eigenvalue weighted by molar-refractivity contribution is -0.120. The first kappa shape index (κ1) is 19.8. The number of piperidine rings is 1. The molecule has 2 fully saturated rings. The van der Waals surface area contributed by atoms with Crippen LogP contribution in [0.2, 0.25) is 0 Å². The fourth-order valence-electron chi connectivity index (χ4n) is 2.87. The fraction of sp³-hybridized carbons (Fsp3) is 0.556. The van der Waals surface area contributed by atoms with Gasteiger partial charge in [-0.1, -0.05) is 18.2 Å². The molecule has 0 radical (unpaired) electrons. The molecular formula is C18H27IN4O2. The molecule has 1 saturated heterocycles. The van der Waals surface area contributed by atoms with Gasteiger partial charge >= 0.3 is 0 Å². The van der Waals surface area contributed by atoms with Crippen molar-refractivity contribution in [2.45, 2.75) is 37.8 Å². The van der Waals surface area contributed by atoms with Crippen molar-refractivity contribution >= 4 is 35.8 Å². The second kappa shape index (κ2) is 9.84. The van der Waals surface area contributed by atoms with Gasteiger partial charge in [0.2, 0.25) is 5.91 Å². The lowest BCUT2D eigenvalue weighted by Crippen LogP contribution is -2.49. The van der Waals surface area contributed by atoms with E-state index in [0.29, 0.717) is 6.04 Å². The Kier molecular flexibility index (Phi) is 7.80. The molecule has 138 valence electrons. The Bertz CT molecular complexity index is 570. The summed E-state index contributed by atoms with van der Waals surface area (Å²) in [6.07, 6.45) is 4.35. The molecule has 1 aliphatic carbocycles. The van der Waals surface area contributed by atoms with E-state index in [4.69, 9.17) is 4.74 Å². The van der Waals surface area contributed by atoms with Gasteiger partial charge in [-0.25, -0.2) is 0 Å². The standard InChI is InChI=1S/C18H26N4O2.HI/c1-19-18(20-13-17(23)21-14-7-8-14)22-11-9-16(10-12-22)24-15-5-3-2-4-6-15;/h2-6,14,16H,7-13H2,1H3,(H,19,20)(H,21,23);1H. The van der Waals surface area contributed by atoms with Gasteiger partial charge in [0, 0.05) is 39.0 Å². The number of carbonyl (C=O) groups excluding carboxylic acids is 1. The Labute approximate surface area is 166 Å². The van der Waals surface area contributed by atoms with E-state index in [1.165, 1.54) is 0 Å². The van der Waals surface area contributed by atoms with Crippen molar-refractivity contribution < 1.29 is 9.53 Å². The van der Waals surface area contributed by atoms with Crippen LogP contribution in [0.5, 0.6) is 5.75 Å². The maximum Gasteiger partial charge on any atom is 0.239 e. The molecule has 7 heteroatoms. The van der Waals surface area contributed by atoms with E-state index in [9.17, 15) is 4.79 Å². The van der Waals surface area contributed by atoms with Gasteiger partial charge in [0.25, 0.3) is 0 Å². The van der Waals surface area contributed by atoms with Gasteiger partial charge in [-0.3, -0.25) is 9.79 Å². The van der Waals surface area contributed by atoms with Gasteiger partial charge < -0.3 is 20.3 Å². The van der Waals surface area contributed by atoms with Gasteiger partial charge in [-0.05, 0) is 25.0 Å². The predicted molar refractivity (Wildman–Crippen MR) is 110 cm³/mol. The number of carbonyl (C=O) groups is 1. The SMILES string of the molecule is CN=C(NCC(=O)NC1CC1)N1CCC(Oc2ccccc2)CC1.I. The summed E-state index contributed by atoms with van der Waals surface area (Å²) in [5, 5.41) is 6.14.